The highest BCUT2D eigenvalue weighted by molar-refractivity contribution is 6.06. The molecule has 2 heterocycles. The fraction of sp³-hybridized carbons (Fsp3) is 0.345. The van der Waals surface area contributed by atoms with Gasteiger partial charge in [-0.2, -0.15) is 13.2 Å². The van der Waals surface area contributed by atoms with Crippen LogP contribution in [0.1, 0.15) is 46.3 Å². The smallest absolute Gasteiger partial charge is 0.416 e. The second-order valence-corrected chi connectivity index (χ2v) is 9.58. The minimum absolute atomic E-state index is 0.178. The van der Waals surface area contributed by atoms with Crippen LogP contribution in [0.25, 0.3) is 0 Å². The molecule has 0 saturated carbocycles. The molecule has 1 saturated heterocycles. The number of piperidine rings is 1. The van der Waals surface area contributed by atoms with E-state index in [1.165, 1.54) is 12.1 Å². The molecule has 0 spiro atoms. The molecule has 194 valence electrons. The van der Waals surface area contributed by atoms with E-state index in [9.17, 15) is 18.0 Å². The number of nitrogens with one attached hydrogen (secondary N) is 2. The van der Waals surface area contributed by atoms with Gasteiger partial charge in [0, 0.05) is 18.7 Å². The number of hydrogen-bond donors (Lipinski definition) is 2. The molecular formula is C29H30F3N3O2. The number of aryl methyl sites for hydroxylation is 1. The normalized spacial score (nSPS) is 16.2. The van der Waals surface area contributed by atoms with E-state index in [0.717, 1.165) is 80.0 Å². The zero-order valence-electron chi connectivity index (χ0n) is 20.5. The van der Waals surface area contributed by atoms with Crippen LogP contribution in [-0.4, -0.2) is 31.6 Å². The van der Waals surface area contributed by atoms with Gasteiger partial charge in [-0.25, -0.2) is 0 Å². The summed E-state index contributed by atoms with van der Waals surface area (Å²) in [7, 11) is 0. The maximum Gasteiger partial charge on any atom is 0.416 e. The molecule has 8 heteroatoms. The van der Waals surface area contributed by atoms with E-state index in [0.29, 0.717) is 12.2 Å². The van der Waals surface area contributed by atoms with Crippen LogP contribution in [0.3, 0.4) is 0 Å². The van der Waals surface area contributed by atoms with Crippen LogP contribution in [0, 0.1) is 0 Å². The van der Waals surface area contributed by atoms with Gasteiger partial charge < -0.3 is 20.3 Å². The quantitative estimate of drug-likeness (QED) is 0.425. The summed E-state index contributed by atoms with van der Waals surface area (Å²) in [6.07, 6.45) is -0.275. The van der Waals surface area contributed by atoms with E-state index in [-0.39, 0.29) is 11.7 Å². The lowest BCUT2D eigenvalue weighted by atomic mass is 9.99. The molecule has 5 rings (SSSR count). The first-order chi connectivity index (χ1) is 17.9. The van der Waals surface area contributed by atoms with Gasteiger partial charge in [0.2, 0.25) is 0 Å². The van der Waals surface area contributed by atoms with Gasteiger partial charge in [-0.1, -0.05) is 24.3 Å². The van der Waals surface area contributed by atoms with Crippen LogP contribution in [0.2, 0.25) is 0 Å². The van der Waals surface area contributed by atoms with Gasteiger partial charge in [0.25, 0.3) is 5.91 Å². The van der Waals surface area contributed by atoms with Crippen molar-refractivity contribution < 1.29 is 22.7 Å². The van der Waals surface area contributed by atoms with Gasteiger partial charge in [0.15, 0.2) is 0 Å². The van der Waals surface area contributed by atoms with Crippen LogP contribution < -0.4 is 20.3 Å². The molecular weight excluding hydrogens is 479 g/mol. The van der Waals surface area contributed by atoms with Crippen LogP contribution in [0.4, 0.5) is 24.5 Å². The molecule has 3 aromatic rings. The zero-order chi connectivity index (χ0) is 25.8. The third-order valence-electron chi connectivity index (χ3n) is 6.92. The maximum atomic E-state index is 12.9. The Balaban J connectivity index is 1.30. The molecule has 0 radical (unpaired) electrons. The van der Waals surface area contributed by atoms with Crippen LogP contribution >= 0.6 is 0 Å². The third-order valence-corrected chi connectivity index (χ3v) is 6.92. The fourth-order valence-electron chi connectivity index (χ4n) is 5.00. The molecule has 2 aliphatic rings. The number of para-hydroxylation sites is 1. The number of hydrogen-bond acceptors (Lipinski definition) is 4. The van der Waals surface area contributed by atoms with Crippen molar-refractivity contribution in [1.29, 1.82) is 0 Å². The number of nitrogens with zero attached hydrogens (tertiary/aromatic N) is 1. The van der Waals surface area contributed by atoms with Gasteiger partial charge in [0.05, 0.1) is 16.9 Å². The Morgan fingerprint density at radius 1 is 1.00 bits per heavy atom. The van der Waals surface area contributed by atoms with E-state index in [1.54, 1.807) is 0 Å². The average molecular weight is 510 g/mol. The lowest BCUT2D eigenvalue weighted by molar-refractivity contribution is -0.137. The number of fused-ring (bicyclic) bond motifs is 1. The van der Waals surface area contributed by atoms with E-state index < -0.39 is 17.6 Å². The number of halogens is 3. The second-order valence-electron chi connectivity index (χ2n) is 9.58. The Morgan fingerprint density at radius 3 is 2.43 bits per heavy atom. The standard InChI is InChI=1S/C29H30F3N3O2/c30-29(31,32)23-10-8-22(9-11-23)28(36)34-26-5-1-3-21-4-2-18-35(27(21)26)19-20-6-12-24(13-7-20)37-25-14-16-33-17-15-25/h1,3,5-13,25,33H,2,4,14-19H2,(H,34,36). The number of ether oxygens (including phenoxy) is 1. The minimum atomic E-state index is -4.44. The van der Waals surface area contributed by atoms with Crippen LogP contribution in [0.15, 0.2) is 66.7 Å². The molecule has 0 aromatic heterocycles. The Hall–Kier alpha value is -3.52. The molecule has 1 amide bonds. The summed E-state index contributed by atoms with van der Waals surface area (Å²) in [5.74, 6) is 0.436. The van der Waals surface area contributed by atoms with Crippen LogP contribution in [0.5, 0.6) is 5.75 Å². The first-order valence-electron chi connectivity index (χ1n) is 12.7. The molecule has 0 unspecified atom stereocenters. The Labute approximate surface area is 214 Å². The number of carbonyl (C=O) groups is 1. The highest BCUT2D eigenvalue weighted by atomic mass is 19.4. The first-order valence-corrected chi connectivity index (χ1v) is 12.7. The van der Waals surface area contributed by atoms with E-state index in [4.69, 9.17) is 4.74 Å². The van der Waals surface area contributed by atoms with Crippen molar-refractivity contribution in [3.05, 3.63) is 89.0 Å². The van der Waals surface area contributed by atoms with Gasteiger partial charge in [-0.15, -0.1) is 0 Å². The van der Waals surface area contributed by atoms with Crippen molar-refractivity contribution in [3.8, 4) is 5.75 Å². The molecule has 3 aromatic carbocycles. The van der Waals surface area contributed by atoms with E-state index in [2.05, 4.69) is 33.7 Å². The van der Waals surface area contributed by atoms with Crippen molar-refractivity contribution >= 4 is 17.3 Å². The highest BCUT2D eigenvalue weighted by Gasteiger charge is 2.30. The summed E-state index contributed by atoms with van der Waals surface area (Å²) in [6, 6.07) is 18.3. The predicted molar refractivity (Wildman–Crippen MR) is 138 cm³/mol. The average Bonchev–Trinajstić information content (AvgIpc) is 2.90. The minimum Gasteiger partial charge on any atom is -0.490 e. The largest absolute Gasteiger partial charge is 0.490 e. The number of alkyl halides is 3. The molecule has 0 aliphatic carbocycles. The number of carbonyl (C=O) groups excluding carboxylic acids is 1. The number of amides is 1. The van der Waals surface area contributed by atoms with E-state index >= 15 is 0 Å². The lowest BCUT2D eigenvalue weighted by Gasteiger charge is -2.33. The molecule has 0 bridgehead atoms. The summed E-state index contributed by atoms with van der Waals surface area (Å²) in [4.78, 5) is 15.2. The van der Waals surface area contributed by atoms with Crippen molar-refractivity contribution in [2.75, 3.05) is 29.9 Å². The molecule has 2 aliphatic heterocycles. The SMILES string of the molecule is O=C(Nc1cccc2c1N(Cc1ccc(OC3CCNCC3)cc1)CCC2)c1ccc(C(F)(F)F)cc1. The van der Waals surface area contributed by atoms with Gasteiger partial charge >= 0.3 is 6.18 Å². The number of benzene rings is 3. The second kappa shape index (κ2) is 10.8. The van der Waals surface area contributed by atoms with Crippen molar-refractivity contribution in [3.63, 3.8) is 0 Å². The summed E-state index contributed by atoms with van der Waals surface area (Å²) in [5.41, 5.74) is 3.30. The Bertz CT molecular complexity index is 1220. The molecule has 0 atom stereocenters. The van der Waals surface area contributed by atoms with Crippen molar-refractivity contribution in [1.82, 2.24) is 5.32 Å². The topological polar surface area (TPSA) is 53.6 Å². The summed E-state index contributed by atoms with van der Waals surface area (Å²) in [6.45, 7) is 3.48. The molecule has 5 nitrogen and oxygen atoms in total. The predicted octanol–water partition coefficient (Wildman–Crippen LogP) is 6.04. The van der Waals surface area contributed by atoms with E-state index in [1.807, 2.05) is 24.3 Å². The fourth-order valence-corrected chi connectivity index (χ4v) is 5.00. The molecule has 2 N–H and O–H groups in total. The maximum absolute atomic E-state index is 12.9. The first kappa shape index (κ1) is 25.1. The third kappa shape index (κ3) is 6.07. The van der Waals surface area contributed by atoms with Crippen molar-refractivity contribution in [2.24, 2.45) is 0 Å². The highest BCUT2D eigenvalue weighted by Crippen LogP contribution is 2.36. The number of rotatable bonds is 6. The van der Waals surface area contributed by atoms with Crippen molar-refractivity contribution in [2.45, 2.75) is 44.5 Å². The van der Waals surface area contributed by atoms with Gasteiger partial charge in [0.1, 0.15) is 11.9 Å². The van der Waals surface area contributed by atoms with Gasteiger partial charge in [-0.05, 0) is 92.4 Å². The molecule has 1 fully saturated rings. The molecule has 37 heavy (non-hydrogen) atoms. The zero-order valence-corrected chi connectivity index (χ0v) is 20.5. The summed E-state index contributed by atoms with van der Waals surface area (Å²) < 4.78 is 44.8. The summed E-state index contributed by atoms with van der Waals surface area (Å²) in [5, 5.41) is 6.27. The lowest BCUT2D eigenvalue weighted by Crippen LogP contribution is -2.34. The Kier molecular flexibility index (Phi) is 7.37. The van der Waals surface area contributed by atoms with Crippen LogP contribution in [-0.2, 0) is 19.1 Å². The van der Waals surface area contributed by atoms with Gasteiger partial charge in [-0.3, -0.25) is 4.79 Å². The monoisotopic (exact) mass is 509 g/mol. The summed E-state index contributed by atoms with van der Waals surface area (Å²) >= 11 is 0. The number of anilines is 2. The Morgan fingerprint density at radius 2 is 1.73 bits per heavy atom.